The van der Waals surface area contributed by atoms with Crippen LogP contribution in [0, 0.1) is 0 Å². The minimum absolute atomic E-state index is 0.0967. The van der Waals surface area contributed by atoms with Gasteiger partial charge in [0.05, 0.1) is 12.2 Å². The summed E-state index contributed by atoms with van der Waals surface area (Å²) < 4.78 is 0. The molecule has 0 atom stereocenters. The number of amides is 1. The number of carbonyl (C=O) groups is 1. The second kappa shape index (κ2) is 7.99. The van der Waals surface area contributed by atoms with Gasteiger partial charge in [-0.3, -0.25) is 9.69 Å². The van der Waals surface area contributed by atoms with Crippen LogP contribution in [0.2, 0.25) is 0 Å². The molecule has 0 radical (unpaired) electrons. The monoisotopic (exact) mass is 334 g/mol. The number of aliphatic hydroxyl groups excluding tert-OH is 1. The Morgan fingerprint density at radius 2 is 1.71 bits per heavy atom. The molecule has 0 aromatic heterocycles. The van der Waals surface area contributed by atoms with Crippen molar-refractivity contribution in [1.29, 1.82) is 0 Å². The van der Waals surface area contributed by atoms with E-state index in [0.717, 1.165) is 24.2 Å². The molecule has 2 rings (SSSR count). The Hall–Kier alpha value is -1.59. The van der Waals surface area contributed by atoms with Gasteiger partial charge in [-0.15, -0.1) is 0 Å². The zero-order valence-electron chi connectivity index (χ0n) is 15.2. The van der Waals surface area contributed by atoms with E-state index in [4.69, 9.17) is 5.11 Å². The fourth-order valence-electron chi connectivity index (χ4n) is 3.10. The maximum absolute atomic E-state index is 12.9. The minimum Gasteiger partial charge on any atom is -0.507 e. The number of rotatable bonds is 5. The Morgan fingerprint density at radius 3 is 2.21 bits per heavy atom. The van der Waals surface area contributed by atoms with Crippen LogP contribution in [0.5, 0.6) is 5.75 Å². The SMILES string of the molecule is CC(C)c1cc(C(=O)N2CCN(CCO)CC2)c(O)c(C(C)C)c1. The number of aliphatic hydroxyl groups is 1. The highest BCUT2D eigenvalue weighted by molar-refractivity contribution is 5.97. The number of piperazine rings is 1. The van der Waals surface area contributed by atoms with E-state index in [-0.39, 0.29) is 24.2 Å². The summed E-state index contributed by atoms with van der Waals surface area (Å²) >= 11 is 0. The van der Waals surface area contributed by atoms with Crippen LogP contribution in [0.15, 0.2) is 12.1 Å². The highest BCUT2D eigenvalue weighted by atomic mass is 16.3. The van der Waals surface area contributed by atoms with Crippen molar-refractivity contribution < 1.29 is 15.0 Å². The topological polar surface area (TPSA) is 64.0 Å². The first-order valence-corrected chi connectivity index (χ1v) is 8.84. The predicted molar refractivity (Wildman–Crippen MR) is 95.7 cm³/mol. The van der Waals surface area contributed by atoms with Crippen molar-refractivity contribution in [2.24, 2.45) is 0 Å². The first-order valence-electron chi connectivity index (χ1n) is 8.84. The first-order chi connectivity index (χ1) is 11.3. The molecule has 0 aliphatic carbocycles. The molecule has 1 fully saturated rings. The largest absolute Gasteiger partial charge is 0.507 e. The number of carbonyl (C=O) groups excluding carboxylic acids is 1. The van der Waals surface area contributed by atoms with Gasteiger partial charge in [-0.1, -0.05) is 33.8 Å². The highest BCUT2D eigenvalue weighted by Gasteiger charge is 2.26. The lowest BCUT2D eigenvalue weighted by atomic mass is 9.91. The third kappa shape index (κ3) is 4.08. The summed E-state index contributed by atoms with van der Waals surface area (Å²) in [6.07, 6.45) is 0. The first kappa shape index (κ1) is 18.7. The van der Waals surface area contributed by atoms with Crippen LogP contribution in [-0.2, 0) is 0 Å². The molecule has 5 heteroatoms. The van der Waals surface area contributed by atoms with Crippen LogP contribution < -0.4 is 0 Å². The molecule has 0 unspecified atom stereocenters. The fourth-order valence-corrected chi connectivity index (χ4v) is 3.10. The van der Waals surface area contributed by atoms with Crippen molar-refractivity contribution in [2.45, 2.75) is 39.5 Å². The molecule has 5 nitrogen and oxygen atoms in total. The minimum atomic E-state index is -0.0967. The van der Waals surface area contributed by atoms with Crippen LogP contribution in [0.25, 0.3) is 0 Å². The van der Waals surface area contributed by atoms with Crippen LogP contribution in [0.1, 0.15) is 61.0 Å². The quantitative estimate of drug-likeness (QED) is 0.868. The van der Waals surface area contributed by atoms with Gasteiger partial charge in [0, 0.05) is 32.7 Å². The normalized spacial score (nSPS) is 16.2. The van der Waals surface area contributed by atoms with Gasteiger partial charge in [0.1, 0.15) is 5.75 Å². The van der Waals surface area contributed by atoms with E-state index in [1.165, 1.54) is 0 Å². The van der Waals surface area contributed by atoms with Crippen molar-refractivity contribution in [3.8, 4) is 5.75 Å². The van der Waals surface area contributed by atoms with Crippen molar-refractivity contribution >= 4 is 5.91 Å². The summed E-state index contributed by atoms with van der Waals surface area (Å²) in [5.74, 6) is 0.491. The lowest BCUT2D eigenvalue weighted by molar-refractivity contribution is 0.0612. The van der Waals surface area contributed by atoms with Crippen LogP contribution in [0.4, 0.5) is 0 Å². The molecule has 2 N–H and O–H groups in total. The van der Waals surface area contributed by atoms with Gasteiger partial charge in [0.25, 0.3) is 5.91 Å². The lowest BCUT2D eigenvalue weighted by Crippen LogP contribution is -2.49. The van der Waals surface area contributed by atoms with Crippen LogP contribution in [0.3, 0.4) is 0 Å². The smallest absolute Gasteiger partial charge is 0.257 e. The molecule has 1 amide bonds. The molecule has 134 valence electrons. The Morgan fingerprint density at radius 1 is 1.08 bits per heavy atom. The van der Waals surface area contributed by atoms with Gasteiger partial charge in [-0.2, -0.15) is 0 Å². The van der Waals surface area contributed by atoms with Gasteiger partial charge >= 0.3 is 0 Å². The van der Waals surface area contributed by atoms with Crippen LogP contribution >= 0.6 is 0 Å². The summed E-state index contributed by atoms with van der Waals surface area (Å²) in [5, 5.41) is 19.6. The number of hydrogen-bond donors (Lipinski definition) is 2. The molecule has 0 bridgehead atoms. The molecule has 0 spiro atoms. The summed E-state index contributed by atoms with van der Waals surface area (Å²) in [6, 6.07) is 3.86. The number of hydrogen-bond acceptors (Lipinski definition) is 4. The average Bonchev–Trinajstić information content (AvgIpc) is 2.55. The van der Waals surface area contributed by atoms with Gasteiger partial charge in [0.2, 0.25) is 0 Å². The molecule has 1 aromatic carbocycles. The zero-order valence-corrected chi connectivity index (χ0v) is 15.2. The number of phenolic OH excluding ortho intramolecular Hbond substituents is 1. The Bertz CT molecular complexity index is 576. The summed E-state index contributed by atoms with van der Waals surface area (Å²) in [6.45, 7) is 11.8. The van der Waals surface area contributed by atoms with Gasteiger partial charge in [-0.25, -0.2) is 0 Å². The van der Waals surface area contributed by atoms with Crippen molar-refractivity contribution in [3.05, 3.63) is 28.8 Å². The van der Waals surface area contributed by atoms with E-state index in [0.29, 0.717) is 31.1 Å². The van der Waals surface area contributed by atoms with Gasteiger partial charge in [-0.05, 0) is 29.0 Å². The Balaban J connectivity index is 2.26. The molecular formula is C19H30N2O3. The average molecular weight is 334 g/mol. The third-order valence-electron chi connectivity index (χ3n) is 4.76. The van der Waals surface area contributed by atoms with E-state index in [1.54, 1.807) is 4.90 Å². The summed E-state index contributed by atoms with van der Waals surface area (Å²) in [4.78, 5) is 16.9. The summed E-state index contributed by atoms with van der Waals surface area (Å²) in [7, 11) is 0. The van der Waals surface area contributed by atoms with Gasteiger partial charge < -0.3 is 15.1 Å². The second-order valence-electron chi connectivity index (χ2n) is 7.17. The summed E-state index contributed by atoms with van der Waals surface area (Å²) in [5.41, 5.74) is 2.34. The van der Waals surface area contributed by atoms with E-state index < -0.39 is 0 Å². The number of phenols is 1. The maximum atomic E-state index is 12.9. The van der Waals surface area contributed by atoms with Crippen molar-refractivity contribution in [3.63, 3.8) is 0 Å². The van der Waals surface area contributed by atoms with E-state index in [2.05, 4.69) is 18.7 Å². The third-order valence-corrected chi connectivity index (χ3v) is 4.76. The number of benzene rings is 1. The van der Waals surface area contributed by atoms with Crippen molar-refractivity contribution in [1.82, 2.24) is 9.80 Å². The van der Waals surface area contributed by atoms with E-state index >= 15 is 0 Å². The molecule has 1 saturated heterocycles. The van der Waals surface area contributed by atoms with Gasteiger partial charge in [0.15, 0.2) is 0 Å². The Labute approximate surface area is 144 Å². The fraction of sp³-hybridized carbons (Fsp3) is 0.632. The zero-order chi connectivity index (χ0) is 17.9. The number of β-amino-alcohol motifs (C(OH)–C–C–N with tert-alkyl or cyclic N) is 1. The molecular weight excluding hydrogens is 304 g/mol. The maximum Gasteiger partial charge on any atom is 0.257 e. The van der Waals surface area contributed by atoms with E-state index in [9.17, 15) is 9.90 Å². The van der Waals surface area contributed by atoms with Crippen molar-refractivity contribution in [2.75, 3.05) is 39.3 Å². The lowest BCUT2D eigenvalue weighted by Gasteiger charge is -2.34. The Kier molecular flexibility index (Phi) is 6.24. The molecule has 1 aliphatic heterocycles. The second-order valence-corrected chi connectivity index (χ2v) is 7.17. The van der Waals surface area contributed by atoms with Crippen LogP contribution in [-0.4, -0.2) is 65.3 Å². The van der Waals surface area contributed by atoms with E-state index in [1.807, 2.05) is 26.0 Å². The number of aromatic hydroxyl groups is 1. The molecule has 1 heterocycles. The predicted octanol–water partition coefficient (Wildman–Crippen LogP) is 2.39. The molecule has 24 heavy (non-hydrogen) atoms. The molecule has 1 aliphatic rings. The molecule has 0 saturated carbocycles. The number of nitrogens with zero attached hydrogens (tertiary/aromatic N) is 2. The highest BCUT2D eigenvalue weighted by Crippen LogP contribution is 2.33. The standard InChI is InChI=1S/C19H30N2O3/c1-13(2)15-11-16(14(3)4)18(23)17(12-15)19(24)21-7-5-20(6-8-21)9-10-22/h11-14,22-23H,5-10H2,1-4H3. The molecule has 1 aromatic rings.